The molecule has 6 heteroatoms. The van der Waals surface area contributed by atoms with Crippen molar-refractivity contribution in [3.8, 4) is 11.3 Å². The van der Waals surface area contributed by atoms with E-state index in [9.17, 15) is 4.79 Å². The van der Waals surface area contributed by atoms with E-state index < -0.39 is 0 Å². The van der Waals surface area contributed by atoms with Crippen molar-refractivity contribution in [3.05, 3.63) is 41.1 Å². The Kier molecular flexibility index (Phi) is 4.65. The third-order valence-electron chi connectivity index (χ3n) is 2.68. The van der Waals surface area contributed by atoms with Crippen LogP contribution in [0.4, 0.5) is 5.69 Å². The number of nitrogen functional groups attached to an aromatic ring is 1. The molecule has 0 fully saturated rings. The zero-order valence-corrected chi connectivity index (χ0v) is 11.7. The van der Waals surface area contributed by atoms with Crippen molar-refractivity contribution in [2.75, 3.05) is 26.0 Å². The van der Waals surface area contributed by atoms with Crippen LogP contribution < -0.4 is 11.1 Å². The number of furan rings is 1. The minimum atomic E-state index is -0.298. The fourth-order valence-corrected chi connectivity index (χ4v) is 1.90. The van der Waals surface area contributed by atoms with Gasteiger partial charge in [-0.2, -0.15) is 0 Å². The van der Waals surface area contributed by atoms with Gasteiger partial charge >= 0.3 is 0 Å². The largest absolute Gasteiger partial charge is 0.451 e. The molecule has 2 rings (SSSR count). The number of carbonyl (C=O) groups is 1. The number of carbonyl (C=O) groups excluding carboxylic acids is 1. The van der Waals surface area contributed by atoms with Gasteiger partial charge in [0.1, 0.15) is 5.76 Å². The van der Waals surface area contributed by atoms with Crippen molar-refractivity contribution in [2.45, 2.75) is 0 Å². The van der Waals surface area contributed by atoms with Gasteiger partial charge in [0, 0.05) is 24.9 Å². The highest BCUT2D eigenvalue weighted by Crippen LogP contribution is 2.31. The Hall–Kier alpha value is -1.98. The molecule has 20 heavy (non-hydrogen) atoms. The van der Waals surface area contributed by atoms with Gasteiger partial charge in [-0.3, -0.25) is 4.79 Å². The maximum absolute atomic E-state index is 11.8. The molecule has 0 atom stereocenters. The van der Waals surface area contributed by atoms with Crippen LogP contribution in [0.25, 0.3) is 11.3 Å². The number of ether oxygens (including phenoxy) is 1. The zero-order valence-electron chi connectivity index (χ0n) is 11.0. The molecule has 0 unspecified atom stereocenters. The molecule has 0 aliphatic rings. The third kappa shape index (κ3) is 3.31. The molecule has 0 aliphatic carbocycles. The molecule has 0 spiro atoms. The summed E-state index contributed by atoms with van der Waals surface area (Å²) in [6.07, 6.45) is 0. The van der Waals surface area contributed by atoms with Gasteiger partial charge < -0.3 is 20.2 Å². The van der Waals surface area contributed by atoms with E-state index >= 15 is 0 Å². The topological polar surface area (TPSA) is 77.5 Å². The molecule has 1 heterocycles. The van der Waals surface area contributed by atoms with Crippen molar-refractivity contribution < 1.29 is 13.9 Å². The molecule has 0 saturated heterocycles. The molecule has 0 radical (unpaired) electrons. The molecule has 3 N–H and O–H groups in total. The highest BCUT2D eigenvalue weighted by Gasteiger charge is 2.13. The number of hydrogen-bond donors (Lipinski definition) is 2. The summed E-state index contributed by atoms with van der Waals surface area (Å²) in [7, 11) is 1.57. The standard InChI is InChI=1S/C14H15ClN2O3/c1-19-7-6-17-14(18)13-5-4-12(20-13)10-8-9(16)2-3-11(10)15/h2-5,8H,6-7,16H2,1H3,(H,17,18). The minimum Gasteiger partial charge on any atom is -0.451 e. The average Bonchev–Trinajstić information content (AvgIpc) is 2.91. The fraction of sp³-hybridized carbons (Fsp3) is 0.214. The Balaban J connectivity index is 2.16. The summed E-state index contributed by atoms with van der Waals surface area (Å²) in [5.41, 5.74) is 6.95. The average molecular weight is 295 g/mol. The number of rotatable bonds is 5. The van der Waals surface area contributed by atoms with Gasteiger partial charge in [-0.1, -0.05) is 11.6 Å². The van der Waals surface area contributed by atoms with Crippen LogP contribution >= 0.6 is 11.6 Å². The monoisotopic (exact) mass is 294 g/mol. The molecule has 1 aromatic carbocycles. The zero-order chi connectivity index (χ0) is 14.5. The van der Waals surface area contributed by atoms with Crippen LogP contribution in [0.3, 0.4) is 0 Å². The first kappa shape index (κ1) is 14.4. The number of nitrogens with two attached hydrogens (primary N) is 1. The van der Waals surface area contributed by atoms with Crippen LogP contribution in [0, 0.1) is 0 Å². The van der Waals surface area contributed by atoms with E-state index in [0.29, 0.717) is 35.2 Å². The van der Waals surface area contributed by atoms with Crippen LogP contribution in [-0.4, -0.2) is 26.2 Å². The molecule has 0 bridgehead atoms. The first-order valence-electron chi connectivity index (χ1n) is 6.04. The van der Waals surface area contributed by atoms with E-state index in [1.807, 2.05) is 0 Å². The van der Waals surface area contributed by atoms with Gasteiger partial charge in [0.2, 0.25) is 0 Å². The lowest BCUT2D eigenvalue weighted by Gasteiger charge is -2.03. The SMILES string of the molecule is COCCNC(=O)c1ccc(-c2cc(N)ccc2Cl)o1. The number of nitrogens with one attached hydrogen (secondary N) is 1. The highest BCUT2D eigenvalue weighted by molar-refractivity contribution is 6.33. The predicted molar refractivity (Wildman–Crippen MR) is 77.8 cm³/mol. The number of amides is 1. The molecular formula is C14H15ClN2O3. The lowest BCUT2D eigenvalue weighted by atomic mass is 10.1. The van der Waals surface area contributed by atoms with Gasteiger partial charge in [0.05, 0.1) is 11.6 Å². The van der Waals surface area contributed by atoms with E-state index in [1.165, 1.54) is 0 Å². The molecule has 0 saturated carbocycles. The number of benzene rings is 1. The van der Waals surface area contributed by atoms with Crippen molar-refractivity contribution in [2.24, 2.45) is 0 Å². The molecule has 0 aliphatic heterocycles. The number of methoxy groups -OCH3 is 1. The second kappa shape index (κ2) is 6.45. The summed E-state index contributed by atoms with van der Waals surface area (Å²) in [4.78, 5) is 11.8. The number of anilines is 1. The van der Waals surface area contributed by atoms with Crippen LogP contribution in [0.1, 0.15) is 10.6 Å². The van der Waals surface area contributed by atoms with Gasteiger partial charge in [-0.15, -0.1) is 0 Å². The van der Waals surface area contributed by atoms with Crippen LogP contribution in [0.5, 0.6) is 0 Å². The van der Waals surface area contributed by atoms with Crippen molar-refractivity contribution >= 4 is 23.2 Å². The first-order chi connectivity index (χ1) is 9.61. The number of halogens is 1. The molecule has 5 nitrogen and oxygen atoms in total. The van der Waals surface area contributed by atoms with Gasteiger partial charge in [0.25, 0.3) is 5.91 Å². The summed E-state index contributed by atoms with van der Waals surface area (Å²) in [5, 5.41) is 3.19. The summed E-state index contributed by atoms with van der Waals surface area (Å²) < 4.78 is 10.4. The van der Waals surface area contributed by atoms with E-state index in [1.54, 1.807) is 37.4 Å². The first-order valence-corrected chi connectivity index (χ1v) is 6.42. The van der Waals surface area contributed by atoms with E-state index in [4.69, 9.17) is 26.5 Å². The lowest BCUT2D eigenvalue weighted by Crippen LogP contribution is -2.26. The van der Waals surface area contributed by atoms with Crippen molar-refractivity contribution in [1.82, 2.24) is 5.32 Å². The van der Waals surface area contributed by atoms with Crippen LogP contribution in [0.2, 0.25) is 5.02 Å². The molecule has 106 valence electrons. The van der Waals surface area contributed by atoms with E-state index in [-0.39, 0.29) is 11.7 Å². The highest BCUT2D eigenvalue weighted by atomic mass is 35.5. The predicted octanol–water partition coefficient (Wildman–Crippen LogP) is 2.56. The maximum atomic E-state index is 11.8. The Morgan fingerprint density at radius 2 is 2.20 bits per heavy atom. The quantitative estimate of drug-likeness (QED) is 0.656. The Morgan fingerprint density at radius 1 is 1.40 bits per heavy atom. The normalized spacial score (nSPS) is 10.5. The van der Waals surface area contributed by atoms with E-state index in [0.717, 1.165) is 0 Å². The molecule has 1 aromatic heterocycles. The van der Waals surface area contributed by atoms with Gasteiger partial charge in [-0.05, 0) is 30.3 Å². The smallest absolute Gasteiger partial charge is 0.287 e. The van der Waals surface area contributed by atoms with E-state index in [2.05, 4.69) is 5.32 Å². The second-order valence-corrected chi connectivity index (χ2v) is 4.56. The maximum Gasteiger partial charge on any atom is 0.287 e. The van der Waals surface area contributed by atoms with Crippen LogP contribution in [-0.2, 0) is 4.74 Å². The van der Waals surface area contributed by atoms with Crippen LogP contribution in [0.15, 0.2) is 34.7 Å². The molecule has 1 amide bonds. The summed E-state index contributed by atoms with van der Waals surface area (Å²) >= 11 is 6.09. The number of hydrogen-bond acceptors (Lipinski definition) is 4. The lowest BCUT2D eigenvalue weighted by molar-refractivity contribution is 0.0910. The third-order valence-corrected chi connectivity index (χ3v) is 3.01. The Morgan fingerprint density at radius 3 is 2.95 bits per heavy atom. The van der Waals surface area contributed by atoms with Crippen molar-refractivity contribution in [3.63, 3.8) is 0 Å². The van der Waals surface area contributed by atoms with Crippen molar-refractivity contribution in [1.29, 1.82) is 0 Å². The fourth-order valence-electron chi connectivity index (χ4n) is 1.69. The van der Waals surface area contributed by atoms with Gasteiger partial charge in [-0.25, -0.2) is 0 Å². The summed E-state index contributed by atoms with van der Waals surface area (Å²) in [6, 6.07) is 8.37. The summed E-state index contributed by atoms with van der Waals surface area (Å²) in [6.45, 7) is 0.866. The molecular weight excluding hydrogens is 280 g/mol. The second-order valence-electron chi connectivity index (χ2n) is 4.15. The Bertz CT molecular complexity index is 610. The van der Waals surface area contributed by atoms with Gasteiger partial charge in [0.15, 0.2) is 5.76 Å². The minimum absolute atomic E-state index is 0.217. The summed E-state index contributed by atoms with van der Waals surface area (Å²) in [5.74, 6) is 0.419. The Labute approximate surface area is 121 Å². The molecule has 2 aromatic rings.